The highest BCUT2D eigenvalue weighted by atomic mass is 19.1. The van der Waals surface area contributed by atoms with Gasteiger partial charge in [0.2, 0.25) is 11.8 Å². The van der Waals surface area contributed by atoms with Crippen LogP contribution >= 0.6 is 0 Å². The molecule has 10 heteroatoms. The Morgan fingerprint density at radius 2 is 1.89 bits per heavy atom. The van der Waals surface area contributed by atoms with Gasteiger partial charge in [-0.05, 0) is 70.7 Å². The summed E-state index contributed by atoms with van der Waals surface area (Å²) in [5.41, 5.74) is 4.53. The molecular formula is C25H24BFN2O6. The van der Waals surface area contributed by atoms with Crippen molar-refractivity contribution in [3.8, 4) is 11.5 Å². The molecule has 0 spiro atoms. The summed E-state index contributed by atoms with van der Waals surface area (Å²) >= 11 is 0. The minimum absolute atomic E-state index is 0.0443. The molecule has 1 aromatic heterocycles. The van der Waals surface area contributed by atoms with Crippen LogP contribution in [0.15, 0.2) is 52.8 Å². The lowest BCUT2D eigenvalue weighted by Gasteiger charge is -2.14. The molecule has 0 bridgehead atoms. The zero-order valence-corrected chi connectivity index (χ0v) is 19.5. The van der Waals surface area contributed by atoms with Crippen molar-refractivity contribution in [2.45, 2.75) is 19.9 Å². The Morgan fingerprint density at radius 3 is 2.49 bits per heavy atom. The van der Waals surface area contributed by atoms with Gasteiger partial charge < -0.3 is 29.3 Å². The second-order valence-electron chi connectivity index (χ2n) is 7.94. The maximum Gasteiger partial charge on any atom is 0.496 e. The van der Waals surface area contributed by atoms with Crippen molar-refractivity contribution in [3.05, 3.63) is 76.8 Å². The molecule has 4 rings (SSSR count). The van der Waals surface area contributed by atoms with E-state index in [-0.39, 0.29) is 35.8 Å². The molecule has 2 aromatic carbocycles. The molecule has 1 aliphatic carbocycles. The SMILES string of the molecule is COc1cc(/C=C2/C(C)=C(CC(=O)NCc3ncco3)c3cc(F)ccc32)cc(OC)c1B(O)O. The third kappa shape index (κ3) is 4.98. The number of amides is 1. The molecule has 180 valence electrons. The monoisotopic (exact) mass is 478 g/mol. The molecule has 35 heavy (non-hydrogen) atoms. The summed E-state index contributed by atoms with van der Waals surface area (Å²) in [6.07, 6.45) is 4.84. The van der Waals surface area contributed by atoms with Gasteiger partial charge in [-0.1, -0.05) is 6.07 Å². The Hall–Kier alpha value is -3.89. The van der Waals surface area contributed by atoms with E-state index in [1.165, 1.54) is 38.8 Å². The zero-order chi connectivity index (χ0) is 25.1. The maximum absolute atomic E-state index is 14.2. The number of carbonyl (C=O) groups excluding carboxylic acids is 1. The van der Waals surface area contributed by atoms with Crippen molar-refractivity contribution < 1.29 is 33.1 Å². The van der Waals surface area contributed by atoms with Gasteiger partial charge in [0.25, 0.3) is 0 Å². The van der Waals surface area contributed by atoms with Crippen molar-refractivity contribution in [1.82, 2.24) is 10.3 Å². The predicted octanol–water partition coefficient (Wildman–Crippen LogP) is 2.54. The van der Waals surface area contributed by atoms with Gasteiger partial charge in [0.1, 0.15) is 23.6 Å². The Morgan fingerprint density at radius 1 is 1.17 bits per heavy atom. The number of methoxy groups -OCH3 is 2. The van der Waals surface area contributed by atoms with E-state index in [0.717, 1.165) is 16.7 Å². The molecule has 1 heterocycles. The molecule has 3 aromatic rings. The first-order valence-electron chi connectivity index (χ1n) is 10.8. The summed E-state index contributed by atoms with van der Waals surface area (Å²) in [5, 5.41) is 22.2. The van der Waals surface area contributed by atoms with Crippen LogP contribution < -0.4 is 20.3 Å². The minimum atomic E-state index is -1.78. The third-order valence-corrected chi connectivity index (χ3v) is 5.85. The maximum atomic E-state index is 14.2. The number of benzene rings is 2. The van der Waals surface area contributed by atoms with Gasteiger partial charge in [-0.15, -0.1) is 0 Å². The van der Waals surface area contributed by atoms with Crippen LogP contribution in [-0.4, -0.2) is 42.3 Å². The Kier molecular flexibility index (Phi) is 7.04. The lowest BCUT2D eigenvalue weighted by molar-refractivity contribution is -0.120. The summed E-state index contributed by atoms with van der Waals surface area (Å²) in [6.45, 7) is 2.03. The minimum Gasteiger partial charge on any atom is -0.497 e. The number of aromatic nitrogens is 1. The van der Waals surface area contributed by atoms with Crippen LogP contribution in [0.2, 0.25) is 0 Å². The number of fused-ring (bicyclic) bond motifs is 1. The number of hydrogen-bond donors (Lipinski definition) is 3. The van der Waals surface area contributed by atoms with Crippen LogP contribution in [0.1, 0.15) is 35.9 Å². The number of halogens is 1. The number of ether oxygens (including phenoxy) is 2. The highest BCUT2D eigenvalue weighted by molar-refractivity contribution is 6.61. The number of allylic oxidation sites excluding steroid dienone is 2. The zero-order valence-electron chi connectivity index (χ0n) is 19.5. The van der Waals surface area contributed by atoms with Crippen LogP contribution in [0.4, 0.5) is 4.39 Å². The number of nitrogens with zero attached hydrogens (tertiary/aromatic N) is 1. The van der Waals surface area contributed by atoms with E-state index in [2.05, 4.69) is 10.3 Å². The third-order valence-electron chi connectivity index (χ3n) is 5.85. The van der Waals surface area contributed by atoms with Gasteiger partial charge in [0.05, 0.1) is 38.8 Å². The van der Waals surface area contributed by atoms with E-state index in [1.807, 2.05) is 13.0 Å². The first-order valence-corrected chi connectivity index (χ1v) is 10.8. The number of nitrogens with one attached hydrogen (secondary N) is 1. The molecular weight excluding hydrogens is 454 g/mol. The van der Waals surface area contributed by atoms with Crippen LogP contribution in [0.5, 0.6) is 11.5 Å². The molecule has 1 amide bonds. The summed E-state index contributed by atoms with van der Waals surface area (Å²) in [4.78, 5) is 16.6. The molecule has 8 nitrogen and oxygen atoms in total. The number of hydrogen-bond acceptors (Lipinski definition) is 7. The first kappa shape index (κ1) is 24.2. The van der Waals surface area contributed by atoms with Crippen molar-refractivity contribution in [1.29, 1.82) is 0 Å². The van der Waals surface area contributed by atoms with Crippen LogP contribution in [0.25, 0.3) is 17.2 Å². The Bertz CT molecular complexity index is 1290. The second-order valence-corrected chi connectivity index (χ2v) is 7.94. The number of rotatable bonds is 8. The van der Waals surface area contributed by atoms with Gasteiger partial charge in [-0.3, -0.25) is 4.79 Å². The van der Waals surface area contributed by atoms with Crippen LogP contribution in [0.3, 0.4) is 0 Å². The summed E-state index contributed by atoms with van der Waals surface area (Å²) in [7, 11) is 1.07. The van der Waals surface area contributed by atoms with Gasteiger partial charge in [-0.25, -0.2) is 9.37 Å². The molecule has 0 radical (unpaired) electrons. The molecule has 0 aliphatic heterocycles. The van der Waals surface area contributed by atoms with Crippen LogP contribution in [0, 0.1) is 5.82 Å². The molecule has 3 N–H and O–H groups in total. The molecule has 0 atom stereocenters. The van der Waals surface area contributed by atoms with E-state index < -0.39 is 12.9 Å². The molecule has 0 fully saturated rings. The first-order chi connectivity index (χ1) is 16.8. The second kappa shape index (κ2) is 10.2. The van der Waals surface area contributed by atoms with Crippen LogP contribution in [-0.2, 0) is 11.3 Å². The lowest BCUT2D eigenvalue weighted by Crippen LogP contribution is -2.32. The number of oxazole rings is 1. The Labute approximate surface area is 201 Å². The van der Waals surface area contributed by atoms with Crippen molar-refractivity contribution in [2.24, 2.45) is 0 Å². The van der Waals surface area contributed by atoms with Gasteiger partial charge in [0.15, 0.2) is 0 Å². The van der Waals surface area contributed by atoms with Crippen molar-refractivity contribution in [3.63, 3.8) is 0 Å². The fourth-order valence-electron chi connectivity index (χ4n) is 4.18. The average molecular weight is 478 g/mol. The van der Waals surface area contributed by atoms with E-state index >= 15 is 0 Å². The van der Waals surface area contributed by atoms with Gasteiger partial charge in [-0.2, -0.15) is 0 Å². The highest BCUT2D eigenvalue weighted by Gasteiger charge is 2.27. The highest BCUT2D eigenvalue weighted by Crippen LogP contribution is 2.44. The fraction of sp³-hybridized carbons (Fsp3) is 0.200. The van der Waals surface area contributed by atoms with Gasteiger partial charge >= 0.3 is 7.12 Å². The quantitative estimate of drug-likeness (QED) is 0.427. The lowest BCUT2D eigenvalue weighted by atomic mass is 9.78. The van der Waals surface area contributed by atoms with Crippen molar-refractivity contribution >= 4 is 35.7 Å². The summed E-state index contributed by atoms with van der Waals surface area (Å²) < 4.78 is 30.0. The van der Waals surface area contributed by atoms with E-state index in [9.17, 15) is 19.2 Å². The fourth-order valence-corrected chi connectivity index (χ4v) is 4.18. The number of carbonyl (C=O) groups is 1. The largest absolute Gasteiger partial charge is 0.497 e. The standard InChI is InChI=1S/C25H24BFN2O6/c1-14-18(8-15-9-21(33-2)25(26(31)32)22(10-15)34-3)17-5-4-16(27)11-20(17)19(14)12-23(30)29-13-24-28-6-7-35-24/h4-11,31-32H,12-13H2,1-3H3,(H,29,30)/b18-8-. The van der Waals surface area contributed by atoms with Crippen molar-refractivity contribution in [2.75, 3.05) is 14.2 Å². The predicted molar refractivity (Wildman–Crippen MR) is 129 cm³/mol. The smallest absolute Gasteiger partial charge is 0.496 e. The topological polar surface area (TPSA) is 114 Å². The summed E-state index contributed by atoms with van der Waals surface area (Å²) in [6, 6.07) is 7.78. The molecule has 0 saturated heterocycles. The molecule has 0 saturated carbocycles. The molecule has 0 unspecified atom stereocenters. The Balaban J connectivity index is 1.72. The van der Waals surface area contributed by atoms with E-state index in [4.69, 9.17) is 13.9 Å². The summed E-state index contributed by atoms with van der Waals surface area (Å²) in [5.74, 6) is 0.230. The van der Waals surface area contributed by atoms with Gasteiger partial charge in [0, 0.05) is 0 Å². The van der Waals surface area contributed by atoms with E-state index in [0.29, 0.717) is 22.6 Å². The average Bonchev–Trinajstić information content (AvgIpc) is 3.44. The molecule has 1 aliphatic rings. The van der Waals surface area contributed by atoms with E-state index in [1.54, 1.807) is 18.2 Å². The normalized spacial score (nSPS) is 13.7.